The summed E-state index contributed by atoms with van der Waals surface area (Å²) in [5.74, 6) is 0.897. The molecule has 4 nitrogen and oxygen atoms in total. The van der Waals surface area contributed by atoms with E-state index in [4.69, 9.17) is 4.99 Å². The Morgan fingerprint density at radius 1 is 1.06 bits per heavy atom. The molecule has 1 saturated carbocycles. The zero-order valence-corrected chi connectivity index (χ0v) is 19.7. The second-order valence-electron chi connectivity index (χ2n) is 8.85. The van der Waals surface area contributed by atoms with E-state index < -0.39 is 0 Å². The molecule has 0 amide bonds. The van der Waals surface area contributed by atoms with Crippen LogP contribution >= 0.6 is 0 Å². The first kappa shape index (κ1) is 23.4. The van der Waals surface area contributed by atoms with Crippen LogP contribution in [-0.4, -0.2) is 37.0 Å². The van der Waals surface area contributed by atoms with Crippen LogP contribution in [0.4, 0.5) is 5.69 Å². The highest BCUT2D eigenvalue weighted by Crippen LogP contribution is 2.32. The van der Waals surface area contributed by atoms with Crippen molar-refractivity contribution in [3.05, 3.63) is 103 Å². The van der Waals surface area contributed by atoms with Crippen molar-refractivity contribution >= 4 is 11.5 Å². The number of hydrogen-bond acceptors (Lipinski definition) is 3. The molecule has 4 heteroatoms. The SMILES string of the molecule is C=C/C(=C\C(=N/CN(C)c1ccccc1)N(C)Cc1ccccc1)C(=C)NC1(C)CCC1. The highest BCUT2D eigenvalue weighted by molar-refractivity contribution is 5.94. The molecule has 0 unspecified atom stereocenters. The standard InChI is InChI=1S/C28H36N4/c1-6-25(23(2)30-28(3)18-13-19-28)20-27(31(4)21-24-14-9-7-10-15-24)29-22-32(5)26-16-11-8-12-17-26/h6-12,14-17,20,30H,1-2,13,18-19,21-22H2,3-5H3/b25-20+,29-27+. The highest BCUT2D eigenvalue weighted by atomic mass is 15.2. The molecule has 0 aliphatic heterocycles. The Balaban J connectivity index is 1.83. The number of anilines is 1. The number of rotatable bonds is 10. The minimum atomic E-state index is 0.139. The Hall–Kier alpha value is -3.27. The molecule has 1 fully saturated rings. The van der Waals surface area contributed by atoms with Crippen LogP contribution in [0.1, 0.15) is 31.7 Å². The maximum atomic E-state index is 4.97. The van der Waals surface area contributed by atoms with Gasteiger partial charge in [0, 0.05) is 43.1 Å². The normalized spacial score (nSPS) is 15.5. The summed E-state index contributed by atoms with van der Waals surface area (Å²) in [6, 6.07) is 20.8. The molecule has 0 spiro atoms. The number of para-hydroxylation sites is 1. The Bertz CT molecular complexity index is 955. The topological polar surface area (TPSA) is 30.9 Å². The molecular formula is C28H36N4. The van der Waals surface area contributed by atoms with Gasteiger partial charge in [0.1, 0.15) is 12.5 Å². The molecular weight excluding hydrogens is 392 g/mol. The number of likely N-dealkylation sites (N-methyl/N-ethyl adjacent to an activating group) is 1. The van der Waals surface area contributed by atoms with Gasteiger partial charge in [0.05, 0.1) is 0 Å². The van der Waals surface area contributed by atoms with E-state index in [1.54, 1.807) is 0 Å². The van der Waals surface area contributed by atoms with Crippen molar-refractivity contribution in [2.24, 2.45) is 4.99 Å². The Labute approximate surface area is 193 Å². The number of nitrogens with one attached hydrogen (secondary N) is 1. The van der Waals surface area contributed by atoms with Gasteiger partial charge in [-0.3, -0.25) is 0 Å². The van der Waals surface area contributed by atoms with Crippen molar-refractivity contribution in [3.63, 3.8) is 0 Å². The first-order chi connectivity index (χ1) is 15.4. The minimum absolute atomic E-state index is 0.139. The lowest BCUT2D eigenvalue weighted by Gasteiger charge is -2.41. The maximum absolute atomic E-state index is 4.97. The smallest absolute Gasteiger partial charge is 0.126 e. The molecule has 2 aromatic carbocycles. The third-order valence-corrected chi connectivity index (χ3v) is 6.06. The van der Waals surface area contributed by atoms with Crippen LogP contribution in [0.15, 0.2) is 102 Å². The van der Waals surface area contributed by atoms with Crippen LogP contribution in [0.3, 0.4) is 0 Å². The summed E-state index contributed by atoms with van der Waals surface area (Å²) in [7, 11) is 4.14. The monoisotopic (exact) mass is 428 g/mol. The van der Waals surface area contributed by atoms with Gasteiger partial charge in [-0.2, -0.15) is 0 Å². The number of allylic oxidation sites excluding steroid dienone is 1. The van der Waals surface area contributed by atoms with Crippen LogP contribution in [0, 0.1) is 0 Å². The van der Waals surface area contributed by atoms with Gasteiger partial charge in [-0.15, -0.1) is 0 Å². The summed E-state index contributed by atoms with van der Waals surface area (Å²) in [5.41, 5.74) is 4.39. The first-order valence-electron chi connectivity index (χ1n) is 11.3. The minimum Gasteiger partial charge on any atom is -0.380 e. The Morgan fingerprint density at radius 3 is 2.25 bits per heavy atom. The summed E-state index contributed by atoms with van der Waals surface area (Å²) >= 11 is 0. The van der Waals surface area contributed by atoms with Gasteiger partial charge in [0.15, 0.2) is 0 Å². The van der Waals surface area contributed by atoms with E-state index in [0.717, 1.165) is 29.3 Å². The van der Waals surface area contributed by atoms with Gasteiger partial charge in [0.2, 0.25) is 0 Å². The van der Waals surface area contributed by atoms with Gasteiger partial charge in [-0.05, 0) is 50.0 Å². The van der Waals surface area contributed by atoms with Crippen LogP contribution in [-0.2, 0) is 6.54 Å². The van der Waals surface area contributed by atoms with E-state index in [9.17, 15) is 0 Å². The molecule has 0 atom stereocenters. The molecule has 0 bridgehead atoms. The number of aliphatic imine (C=N–C) groups is 1. The maximum Gasteiger partial charge on any atom is 0.126 e. The molecule has 168 valence electrons. The van der Waals surface area contributed by atoms with Gasteiger partial charge in [-0.1, -0.05) is 67.8 Å². The van der Waals surface area contributed by atoms with Crippen LogP contribution in [0.25, 0.3) is 0 Å². The van der Waals surface area contributed by atoms with Crippen molar-refractivity contribution < 1.29 is 0 Å². The average molecular weight is 429 g/mol. The van der Waals surface area contributed by atoms with E-state index in [0.29, 0.717) is 6.67 Å². The van der Waals surface area contributed by atoms with Gasteiger partial charge < -0.3 is 15.1 Å². The summed E-state index contributed by atoms with van der Waals surface area (Å²) in [6.45, 7) is 11.9. The number of amidine groups is 1. The van der Waals surface area contributed by atoms with E-state index in [1.807, 2.05) is 30.3 Å². The quantitative estimate of drug-likeness (QED) is 0.296. The number of nitrogens with zero attached hydrogens (tertiary/aromatic N) is 3. The lowest BCUT2D eigenvalue weighted by atomic mass is 9.78. The van der Waals surface area contributed by atoms with E-state index in [-0.39, 0.29) is 5.54 Å². The summed E-state index contributed by atoms with van der Waals surface area (Å²) in [5, 5.41) is 3.61. The number of hydrogen-bond donors (Lipinski definition) is 1. The second kappa shape index (κ2) is 10.9. The molecule has 0 heterocycles. The van der Waals surface area contributed by atoms with Crippen LogP contribution < -0.4 is 10.2 Å². The van der Waals surface area contributed by atoms with Crippen LogP contribution in [0.5, 0.6) is 0 Å². The molecule has 32 heavy (non-hydrogen) atoms. The largest absolute Gasteiger partial charge is 0.380 e. The first-order valence-corrected chi connectivity index (χ1v) is 11.3. The van der Waals surface area contributed by atoms with Crippen molar-refractivity contribution in [1.29, 1.82) is 0 Å². The summed E-state index contributed by atoms with van der Waals surface area (Å²) in [6.07, 6.45) is 7.57. The molecule has 0 aromatic heterocycles. The van der Waals surface area contributed by atoms with E-state index >= 15 is 0 Å². The third kappa shape index (κ3) is 6.36. The van der Waals surface area contributed by atoms with E-state index in [2.05, 4.69) is 91.8 Å². The fraction of sp³-hybridized carbons (Fsp3) is 0.321. The molecule has 3 rings (SSSR count). The zero-order valence-electron chi connectivity index (χ0n) is 19.7. The molecule has 0 radical (unpaired) electrons. The van der Waals surface area contributed by atoms with Crippen molar-refractivity contribution in [2.75, 3.05) is 25.7 Å². The fourth-order valence-corrected chi connectivity index (χ4v) is 3.83. The van der Waals surface area contributed by atoms with Gasteiger partial charge in [-0.25, -0.2) is 4.99 Å². The highest BCUT2D eigenvalue weighted by Gasteiger charge is 2.31. The summed E-state index contributed by atoms with van der Waals surface area (Å²) < 4.78 is 0. The Morgan fingerprint density at radius 2 is 1.69 bits per heavy atom. The fourth-order valence-electron chi connectivity index (χ4n) is 3.83. The average Bonchev–Trinajstić information content (AvgIpc) is 2.79. The van der Waals surface area contributed by atoms with Gasteiger partial charge in [0.25, 0.3) is 0 Å². The lowest BCUT2D eigenvalue weighted by molar-refractivity contribution is 0.229. The molecule has 1 aliphatic carbocycles. The molecule has 2 aromatic rings. The Kier molecular flexibility index (Phi) is 7.93. The predicted octanol–water partition coefficient (Wildman–Crippen LogP) is 5.77. The van der Waals surface area contributed by atoms with Crippen molar-refractivity contribution in [3.8, 4) is 0 Å². The van der Waals surface area contributed by atoms with E-state index in [1.165, 1.54) is 24.8 Å². The van der Waals surface area contributed by atoms with Crippen molar-refractivity contribution in [1.82, 2.24) is 10.2 Å². The van der Waals surface area contributed by atoms with Crippen LogP contribution in [0.2, 0.25) is 0 Å². The summed E-state index contributed by atoms with van der Waals surface area (Å²) in [4.78, 5) is 9.29. The van der Waals surface area contributed by atoms with Crippen molar-refractivity contribution in [2.45, 2.75) is 38.3 Å². The van der Waals surface area contributed by atoms with Gasteiger partial charge >= 0.3 is 0 Å². The zero-order chi connectivity index (χ0) is 23.0. The second-order valence-corrected chi connectivity index (χ2v) is 8.85. The molecule has 1 aliphatic rings. The molecule has 0 saturated heterocycles. The third-order valence-electron chi connectivity index (χ3n) is 6.06. The lowest BCUT2D eigenvalue weighted by Crippen LogP contribution is -2.47. The number of benzene rings is 2. The molecule has 1 N–H and O–H groups in total. The predicted molar refractivity (Wildman–Crippen MR) is 138 cm³/mol.